The molecule has 252 valence electrons. The van der Waals surface area contributed by atoms with Crippen LogP contribution in [0.5, 0.6) is 0 Å². The molecule has 1 N–H and O–H groups in total. The first-order valence-electron chi connectivity index (χ1n) is 16.2. The van der Waals surface area contributed by atoms with E-state index in [1.165, 1.54) is 47.3 Å². The zero-order valence-corrected chi connectivity index (χ0v) is 27.6. The minimum Gasteiger partial charge on any atom is -0.379 e. The second-order valence-electron chi connectivity index (χ2n) is 12.5. The van der Waals surface area contributed by atoms with E-state index in [1.54, 1.807) is 42.5 Å². The quantitative estimate of drug-likeness (QED) is 0.281. The molecule has 7 rings (SSSR count). The number of H-pyrrole nitrogens is 1. The highest BCUT2D eigenvalue weighted by Gasteiger charge is 2.34. The van der Waals surface area contributed by atoms with Gasteiger partial charge in [0.1, 0.15) is 5.82 Å². The van der Waals surface area contributed by atoms with Crippen molar-refractivity contribution < 1.29 is 18.7 Å². The molecule has 0 bridgehead atoms. The highest BCUT2D eigenvalue weighted by Crippen LogP contribution is 2.34. The Kier molecular flexibility index (Phi) is 8.69. The molecule has 0 spiro atoms. The summed E-state index contributed by atoms with van der Waals surface area (Å²) in [4.78, 5) is 52.7. The van der Waals surface area contributed by atoms with E-state index < -0.39 is 17.4 Å². The zero-order chi connectivity index (χ0) is 34.2. The van der Waals surface area contributed by atoms with Crippen LogP contribution in [-0.2, 0) is 31.8 Å². The van der Waals surface area contributed by atoms with Crippen molar-refractivity contribution in [3.8, 4) is 11.3 Å². The Labute approximate surface area is 282 Å². The summed E-state index contributed by atoms with van der Waals surface area (Å²) in [5, 5.41) is 4.22. The monoisotopic (exact) mass is 664 g/mol. The Morgan fingerprint density at radius 1 is 1.02 bits per heavy atom. The molecule has 13 heteroatoms. The number of ether oxygens (including phenoxy) is 1. The fourth-order valence-corrected chi connectivity index (χ4v) is 6.80. The molecule has 49 heavy (non-hydrogen) atoms. The van der Waals surface area contributed by atoms with Gasteiger partial charge in [-0.15, -0.1) is 0 Å². The zero-order valence-electron chi connectivity index (χ0n) is 27.6. The van der Waals surface area contributed by atoms with Crippen LogP contribution in [0.25, 0.3) is 11.3 Å². The number of aromatic amines is 1. The van der Waals surface area contributed by atoms with Gasteiger partial charge in [-0.1, -0.05) is 24.3 Å². The lowest BCUT2D eigenvalue weighted by Crippen LogP contribution is -2.52. The van der Waals surface area contributed by atoms with E-state index in [4.69, 9.17) is 4.74 Å². The van der Waals surface area contributed by atoms with Gasteiger partial charge in [0, 0.05) is 81.2 Å². The van der Waals surface area contributed by atoms with Gasteiger partial charge in [0.2, 0.25) is 0 Å². The van der Waals surface area contributed by atoms with E-state index in [9.17, 15) is 14.4 Å². The van der Waals surface area contributed by atoms with E-state index in [2.05, 4.69) is 32.1 Å². The van der Waals surface area contributed by atoms with E-state index in [-0.39, 0.29) is 11.9 Å². The van der Waals surface area contributed by atoms with Crippen molar-refractivity contribution in [3.05, 3.63) is 118 Å². The van der Waals surface area contributed by atoms with Crippen molar-refractivity contribution >= 4 is 23.2 Å². The van der Waals surface area contributed by atoms with Gasteiger partial charge in [0.05, 0.1) is 42.5 Å². The normalized spacial score (nSPS) is 16.4. The standard InChI is InChI=1S/C36H37FN8O4/c1-23-31(35(47)45(29-19-40-41(2)21-29)28-17-38-36(48)39-18-28)16-33(42(23)3)32-15-26(37)8-9-30(32)34(46)44-20-25-7-5-4-6-24(25)14-27(44)22-43-10-12-49-13-11-43/h4-9,15-19,21,27H,10-14,20,22H2,1-3H3,(H,38,39,48)/t27-/m0/s1. The summed E-state index contributed by atoms with van der Waals surface area (Å²) in [5.41, 5.74) is 4.74. The van der Waals surface area contributed by atoms with Crippen LogP contribution >= 0.6 is 0 Å². The fourth-order valence-electron chi connectivity index (χ4n) is 6.80. The van der Waals surface area contributed by atoms with E-state index >= 15 is 4.39 Å². The van der Waals surface area contributed by atoms with E-state index in [0.717, 1.165) is 18.7 Å². The lowest BCUT2D eigenvalue weighted by atomic mass is 9.92. The van der Waals surface area contributed by atoms with Crippen molar-refractivity contribution in [1.82, 2.24) is 34.1 Å². The van der Waals surface area contributed by atoms with Crippen LogP contribution in [0.3, 0.4) is 0 Å². The Morgan fingerprint density at radius 3 is 2.51 bits per heavy atom. The maximum Gasteiger partial charge on any atom is 0.345 e. The average Bonchev–Trinajstić information content (AvgIpc) is 3.67. The molecule has 2 aromatic carbocycles. The lowest BCUT2D eigenvalue weighted by Gasteiger charge is -2.40. The van der Waals surface area contributed by atoms with Crippen LogP contribution in [0, 0.1) is 12.7 Å². The van der Waals surface area contributed by atoms with Crippen molar-refractivity contribution in [2.24, 2.45) is 14.1 Å². The Bertz CT molecular complexity index is 2080. The van der Waals surface area contributed by atoms with Crippen LogP contribution in [0.1, 0.15) is 37.5 Å². The van der Waals surface area contributed by atoms with Crippen molar-refractivity contribution in [3.63, 3.8) is 0 Å². The second kappa shape index (κ2) is 13.2. The Balaban J connectivity index is 1.27. The summed E-state index contributed by atoms with van der Waals surface area (Å²) in [6.45, 7) is 5.84. The first kappa shape index (κ1) is 32.2. The van der Waals surface area contributed by atoms with Crippen LogP contribution in [-0.4, -0.2) is 84.8 Å². The van der Waals surface area contributed by atoms with Gasteiger partial charge in [0.15, 0.2) is 0 Å². The van der Waals surface area contributed by atoms with E-state index in [1.807, 2.05) is 17.0 Å². The first-order valence-corrected chi connectivity index (χ1v) is 16.2. The maximum atomic E-state index is 15.1. The largest absolute Gasteiger partial charge is 0.379 e. The second-order valence-corrected chi connectivity index (χ2v) is 12.5. The molecule has 2 aliphatic heterocycles. The molecule has 1 saturated heterocycles. The number of halogens is 1. The SMILES string of the molecule is Cc1c(C(=O)N(c2cnc(=O)[nH]c2)c2cnn(C)c2)cc(-c2cc(F)ccc2C(=O)N2Cc3ccccc3C[C@H]2CN2CCOCC2)n1C. The average molecular weight is 665 g/mol. The van der Waals surface area contributed by atoms with Crippen LogP contribution < -0.4 is 10.6 Å². The molecule has 5 heterocycles. The predicted octanol–water partition coefficient (Wildman–Crippen LogP) is 3.83. The summed E-state index contributed by atoms with van der Waals surface area (Å²) >= 11 is 0. The molecule has 0 saturated carbocycles. The van der Waals surface area contributed by atoms with Crippen molar-refractivity contribution in [1.29, 1.82) is 0 Å². The number of amides is 2. The molecule has 12 nitrogen and oxygen atoms in total. The summed E-state index contributed by atoms with van der Waals surface area (Å²) in [6, 6.07) is 14.0. The minimum absolute atomic E-state index is 0.0929. The topological polar surface area (TPSA) is 122 Å². The number of fused-ring (bicyclic) bond motifs is 1. The van der Waals surface area contributed by atoms with Gasteiger partial charge >= 0.3 is 5.69 Å². The number of nitrogens with zero attached hydrogens (tertiary/aromatic N) is 7. The minimum atomic E-state index is -0.548. The summed E-state index contributed by atoms with van der Waals surface area (Å²) < 4.78 is 24.0. The van der Waals surface area contributed by atoms with Crippen molar-refractivity contribution in [2.45, 2.75) is 25.9 Å². The number of aromatic nitrogens is 5. The molecule has 3 aromatic heterocycles. The number of morpholine rings is 1. The van der Waals surface area contributed by atoms with Crippen LogP contribution in [0.15, 0.2) is 78.1 Å². The number of rotatable bonds is 7. The predicted molar refractivity (Wildman–Crippen MR) is 181 cm³/mol. The molecular formula is C36H37FN8O4. The van der Waals surface area contributed by atoms with Gasteiger partial charge in [-0.05, 0) is 48.7 Å². The highest BCUT2D eigenvalue weighted by atomic mass is 19.1. The number of nitrogens with one attached hydrogen (secondary N) is 1. The Hall–Kier alpha value is -5.40. The summed E-state index contributed by atoms with van der Waals surface area (Å²) in [6.07, 6.45) is 6.65. The molecule has 0 unspecified atom stereocenters. The van der Waals surface area contributed by atoms with Gasteiger partial charge in [-0.3, -0.25) is 24.1 Å². The molecule has 1 fully saturated rings. The molecule has 2 amide bonds. The fraction of sp³-hybridized carbons (Fsp3) is 0.306. The lowest BCUT2D eigenvalue weighted by molar-refractivity contribution is 0.0193. The first-order chi connectivity index (χ1) is 23.7. The van der Waals surface area contributed by atoms with Gasteiger partial charge in [0.25, 0.3) is 11.8 Å². The number of hydrogen-bond donors (Lipinski definition) is 1. The number of benzene rings is 2. The molecule has 2 aliphatic rings. The molecule has 5 aromatic rings. The number of aryl methyl sites for hydroxylation is 1. The van der Waals surface area contributed by atoms with Gasteiger partial charge in [-0.2, -0.15) is 10.1 Å². The Morgan fingerprint density at radius 2 is 1.80 bits per heavy atom. The van der Waals surface area contributed by atoms with Gasteiger partial charge < -0.3 is 19.2 Å². The number of carbonyl (C=O) groups is 2. The molecule has 1 atom stereocenters. The third-order valence-corrected chi connectivity index (χ3v) is 9.51. The van der Waals surface area contributed by atoms with E-state index in [0.29, 0.717) is 72.2 Å². The summed E-state index contributed by atoms with van der Waals surface area (Å²) in [7, 11) is 3.52. The third kappa shape index (κ3) is 6.30. The van der Waals surface area contributed by atoms with Crippen molar-refractivity contribution in [2.75, 3.05) is 37.7 Å². The summed E-state index contributed by atoms with van der Waals surface area (Å²) in [5.74, 6) is -1.11. The van der Waals surface area contributed by atoms with Crippen LogP contribution in [0.4, 0.5) is 15.8 Å². The number of anilines is 2. The molecule has 0 radical (unpaired) electrons. The maximum absolute atomic E-state index is 15.1. The van der Waals surface area contributed by atoms with Crippen LogP contribution in [0.2, 0.25) is 0 Å². The number of hydrogen-bond acceptors (Lipinski definition) is 7. The third-order valence-electron chi connectivity index (χ3n) is 9.51. The highest BCUT2D eigenvalue weighted by molar-refractivity contribution is 6.12. The number of carbonyl (C=O) groups excluding carboxylic acids is 2. The molecular weight excluding hydrogens is 627 g/mol. The smallest absolute Gasteiger partial charge is 0.345 e. The van der Waals surface area contributed by atoms with Gasteiger partial charge in [-0.25, -0.2) is 9.18 Å². The molecule has 0 aliphatic carbocycles.